The molecule has 0 spiro atoms. The smallest absolute Gasteiger partial charge is 0.321 e. The van der Waals surface area contributed by atoms with Crippen LogP contribution in [-0.4, -0.2) is 36.0 Å². The molecule has 0 atom stereocenters. The molecule has 1 fully saturated rings. The Morgan fingerprint density at radius 1 is 1.30 bits per heavy atom. The van der Waals surface area contributed by atoms with Crippen molar-refractivity contribution in [2.75, 3.05) is 13.1 Å². The van der Waals surface area contributed by atoms with Crippen LogP contribution in [0.25, 0.3) is 0 Å². The van der Waals surface area contributed by atoms with Gasteiger partial charge in [-0.15, -0.1) is 0 Å². The Bertz CT molecular complexity index is 559. The van der Waals surface area contributed by atoms with E-state index >= 15 is 0 Å². The number of imide groups is 1. The number of urea groups is 1. The van der Waals surface area contributed by atoms with Gasteiger partial charge >= 0.3 is 6.03 Å². The van der Waals surface area contributed by atoms with Crippen molar-refractivity contribution in [1.82, 2.24) is 15.5 Å². The molecule has 126 valence electrons. The normalized spacial score (nSPS) is 14.1. The number of hydrogen-bond donors (Lipinski definition) is 2. The lowest BCUT2D eigenvalue weighted by molar-refractivity contribution is -0.121. The molecule has 0 bridgehead atoms. The van der Waals surface area contributed by atoms with Crippen LogP contribution in [0.3, 0.4) is 0 Å². The number of carbonyl (C=O) groups excluding carboxylic acids is 2. The molecule has 0 aliphatic heterocycles. The first-order valence-electron chi connectivity index (χ1n) is 8.01. The lowest BCUT2D eigenvalue weighted by Crippen LogP contribution is -2.45. The summed E-state index contributed by atoms with van der Waals surface area (Å²) in [6.45, 7) is 4.93. The third-order valence-corrected chi connectivity index (χ3v) is 3.67. The van der Waals surface area contributed by atoms with Gasteiger partial charge in [0.05, 0.1) is 6.54 Å². The van der Waals surface area contributed by atoms with E-state index in [9.17, 15) is 14.0 Å². The zero-order valence-corrected chi connectivity index (χ0v) is 13.6. The third kappa shape index (κ3) is 5.98. The van der Waals surface area contributed by atoms with Gasteiger partial charge in [0, 0.05) is 24.7 Å². The fourth-order valence-corrected chi connectivity index (χ4v) is 2.29. The summed E-state index contributed by atoms with van der Waals surface area (Å²) in [5, 5.41) is 4.96. The Hall–Kier alpha value is -1.95. The second-order valence-corrected chi connectivity index (χ2v) is 6.38. The number of nitrogens with one attached hydrogen (secondary N) is 2. The van der Waals surface area contributed by atoms with Crippen LogP contribution in [0, 0.1) is 11.7 Å². The molecule has 1 aromatic rings. The topological polar surface area (TPSA) is 61.4 Å². The summed E-state index contributed by atoms with van der Waals surface area (Å²) in [5.41, 5.74) is 0.566. The molecule has 2 rings (SSSR count). The standard InChI is InChI=1S/C17H24FN3O2/c1-12(2)9-19-17(23)20-16(22)11-21(14-7-8-14)10-13-5-3-4-6-15(13)18/h3-6,12,14H,7-11H2,1-2H3,(H2,19,20,22,23). The van der Waals surface area contributed by atoms with Gasteiger partial charge in [0.2, 0.25) is 5.91 Å². The molecule has 5 nitrogen and oxygen atoms in total. The van der Waals surface area contributed by atoms with E-state index in [4.69, 9.17) is 0 Å². The van der Waals surface area contributed by atoms with Crippen LogP contribution in [0.5, 0.6) is 0 Å². The van der Waals surface area contributed by atoms with Gasteiger partial charge in [-0.2, -0.15) is 0 Å². The molecule has 23 heavy (non-hydrogen) atoms. The van der Waals surface area contributed by atoms with E-state index in [1.807, 2.05) is 18.7 Å². The summed E-state index contributed by atoms with van der Waals surface area (Å²) in [6, 6.07) is 6.37. The highest BCUT2D eigenvalue weighted by Crippen LogP contribution is 2.28. The molecule has 1 aromatic carbocycles. The van der Waals surface area contributed by atoms with E-state index in [1.54, 1.807) is 18.2 Å². The summed E-state index contributed by atoms with van der Waals surface area (Å²) < 4.78 is 13.8. The van der Waals surface area contributed by atoms with Gasteiger partial charge in [-0.05, 0) is 24.8 Å². The van der Waals surface area contributed by atoms with Gasteiger partial charge in [0.25, 0.3) is 0 Å². The summed E-state index contributed by atoms with van der Waals surface area (Å²) in [7, 11) is 0. The van der Waals surface area contributed by atoms with Crippen LogP contribution < -0.4 is 10.6 Å². The van der Waals surface area contributed by atoms with Crippen LogP contribution in [-0.2, 0) is 11.3 Å². The molecule has 0 radical (unpaired) electrons. The molecular formula is C17H24FN3O2. The predicted molar refractivity (Wildman–Crippen MR) is 86.2 cm³/mol. The Labute approximate surface area is 136 Å². The van der Waals surface area contributed by atoms with Crippen LogP contribution >= 0.6 is 0 Å². The minimum absolute atomic E-state index is 0.0914. The summed E-state index contributed by atoms with van der Waals surface area (Å²) in [5.74, 6) is -0.317. The summed E-state index contributed by atoms with van der Waals surface area (Å²) in [6.07, 6.45) is 2.00. The van der Waals surface area contributed by atoms with E-state index in [0.717, 1.165) is 12.8 Å². The highest BCUT2D eigenvalue weighted by molar-refractivity contribution is 5.95. The number of nitrogens with zero attached hydrogens (tertiary/aromatic N) is 1. The van der Waals surface area contributed by atoms with Crippen molar-refractivity contribution in [3.05, 3.63) is 35.6 Å². The van der Waals surface area contributed by atoms with E-state index in [-0.39, 0.29) is 18.3 Å². The molecule has 2 N–H and O–H groups in total. The molecule has 0 heterocycles. The number of hydrogen-bond acceptors (Lipinski definition) is 3. The van der Waals surface area contributed by atoms with Crippen molar-refractivity contribution in [2.24, 2.45) is 5.92 Å². The molecule has 0 aromatic heterocycles. The van der Waals surface area contributed by atoms with E-state index < -0.39 is 6.03 Å². The molecule has 1 aliphatic carbocycles. The lowest BCUT2D eigenvalue weighted by Gasteiger charge is -2.21. The molecule has 1 saturated carbocycles. The molecule has 1 aliphatic rings. The van der Waals surface area contributed by atoms with Crippen LogP contribution in [0.4, 0.5) is 9.18 Å². The maximum Gasteiger partial charge on any atom is 0.321 e. The third-order valence-electron chi connectivity index (χ3n) is 3.67. The fraction of sp³-hybridized carbons (Fsp3) is 0.529. The number of rotatable bonds is 7. The van der Waals surface area contributed by atoms with Crippen molar-refractivity contribution in [3.63, 3.8) is 0 Å². The highest BCUT2D eigenvalue weighted by Gasteiger charge is 2.31. The quantitative estimate of drug-likeness (QED) is 0.810. The van der Waals surface area contributed by atoms with Crippen molar-refractivity contribution in [1.29, 1.82) is 0 Å². The van der Waals surface area contributed by atoms with Gasteiger partial charge in [-0.3, -0.25) is 15.0 Å². The Morgan fingerprint density at radius 2 is 2.00 bits per heavy atom. The maximum atomic E-state index is 13.8. The van der Waals surface area contributed by atoms with Gasteiger partial charge < -0.3 is 5.32 Å². The average molecular weight is 321 g/mol. The van der Waals surface area contributed by atoms with Crippen molar-refractivity contribution < 1.29 is 14.0 Å². The lowest BCUT2D eigenvalue weighted by atomic mass is 10.2. The minimum Gasteiger partial charge on any atom is -0.338 e. The maximum absolute atomic E-state index is 13.8. The molecule has 6 heteroatoms. The molecule has 3 amide bonds. The average Bonchev–Trinajstić information content (AvgIpc) is 3.31. The number of benzene rings is 1. The second kappa shape index (κ2) is 8.06. The molecule has 0 saturated heterocycles. The Kier molecular flexibility index (Phi) is 6.10. The Morgan fingerprint density at radius 3 is 2.61 bits per heavy atom. The monoisotopic (exact) mass is 321 g/mol. The fourth-order valence-electron chi connectivity index (χ4n) is 2.29. The van der Waals surface area contributed by atoms with Gasteiger partial charge in [-0.25, -0.2) is 9.18 Å². The van der Waals surface area contributed by atoms with Crippen LogP contribution in [0.15, 0.2) is 24.3 Å². The summed E-state index contributed by atoms with van der Waals surface area (Å²) in [4.78, 5) is 25.5. The van der Waals surface area contributed by atoms with Gasteiger partial charge in [0.15, 0.2) is 0 Å². The van der Waals surface area contributed by atoms with Crippen molar-refractivity contribution >= 4 is 11.9 Å². The van der Waals surface area contributed by atoms with Crippen molar-refractivity contribution in [2.45, 2.75) is 39.3 Å². The van der Waals surface area contributed by atoms with E-state index in [1.165, 1.54) is 6.07 Å². The zero-order valence-electron chi connectivity index (χ0n) is 13.6. The molecular weight excluding hydrogens is 297 g/mol. The number of amides is 3. The van der Waals surface area contributed by atoms with E-state index in [2.05, 4.69) is 10.6 Å². The van der Waals surface area contributed by atoms with Gasteiger partial charge in [-0.1, -0.05) is 32.0 Å². The van der Waals surface area contributed by atoms with Gasteiger partial charge in [0.1, 0.15) is 5.82 Å². The largest absolute Gasteiger partial charge is 0.338 e. The first kappa shape index (κ1) is 17.4. The molecule has 0 unspecified atom stereocenters. The minimum atomic E-state index is -0.481. The van der Waals surface area contributed by atoms with Crippen molar-refractivity contribution in [3.8, 4) is 0 Å². The zero-order chi connectivity index (χ0) is 16.8. The Balaban J connectivity index is 1.86. The number of carbonyl (C=O) groups is 2. The van der Waals surface area contributed by atoms with Crippen LogP contribution in [0.1, 0.15) is 32.3 Å². The summed E-state index contributed by atoms with van der Waals surface area (Å²) >= 11 is 0. The second-order valence-electron chi connectivity index (χ2n) is 6.38. The highest BCUT2D eigenvalue weighted by atomic mass is 19.1. The predicted octanol–water partition coefficient (Wildman–Crippen LogP) is 2.27. The first-order chi connectivity index (χ1) is 11.0. The first-order valence-corrected chi connectivity index (χ1v) is 8.01. The van der Waals surface area contributed by atoms with E-state index in [0.29, 0.717) is 30.6 Å². The number of halogens is 1. The SMILES string of the molecule is CC(C)CNC(=O)NC(=O)CN(Cc1ccccc1F)C1CC1. The van der Waals surface area contributed by atoms with Crippen LogP contribution in [0.2, 0.25) is 0 Å².